The zero-order valence-corrected chi connectivity index (χ0v) is 10.0. The monoisotopic (exact) mass is 268 g/mol. The van der Waals surface area contributed by atoms with E-state index in [0.29, 0.717) is 24.2 Å². The number of carboxylic acid groups (broad SMARTS) is 1. The minimum absolute atomic E-state index is 0.198. The molecule has 0 fully saturated rings. The molecule has 0 atom stereocenters. The van der Waals surface area contributed by atoms with Crippen molar-refractivity contribution in [3.8, 4) is 0 Å². The van der Waals surface area contributed by atoms with Gasteiger partial charge in [-0.15, -0.1) is 0 Å². The molecular formula is C10H12N4O5. The molecule has 0 aliphatic heterocycles. The maximum atomic E-state index is 11.2. The van der Waals surface area contributed by atoms with Crippen LogP contribution in [0.5, 0.6) is 0 Å². The Morgan fingerprint density at radius 1 is 1.37 bits per heavy atom. The molecule has 0 saturated carbocycles. The fourth-order valence-electron chi connectivity index (χ4n) is 1.07. The van der Waals surface area contributed by atoms with E-state index < -0.39 is 17.9 Å². The van der Waals surface area contributed by atoms with Crippen LogP contribution in [0, 0.1) is 6.92 Å². The molecule has 0 radical (unpaired) electrons. The summed E-state index contributed by atoms with van der Waals surface area (Å²) in [5.74, 6) is -1.24. The Labute approximate surface area is 107 Å². The average molecular weight is 268 g/mol. The van der Waals surface area contributed by atoms with Crippen molar-refractivity contribution in [1.82, 2.24) is 20.8 Å². The van der Waals surface area contributed by atoms with Gasteiger partial charge in [-0.3, -0.25) is 10.1 Å². The van der Waals surface area contributed by atoms with Gasteiger partial charge in [-0.2, -0.15) is 4.98 Å². The van der Waals surface area contributed by atoms with Crippen LogP contribution in [0.3, 0.4) is 0 Å². The first-order valence-corrected chi connectivity index (χ1v) is 5.26. The molecule has 1 aromatic rings. The van der Waals surface area contributed by atoms with Gasteiger partial charge in [-0.25, -0.2) is 9.59 Å². The lowest BCUT2D eigenvalue weighted by atomic mass is 10.4. The molecule has 19 heavy (non-hydrogen) atoms. The van der Waals surface area contributed by atoms with Crippen molar-refractivity contribution in [2.24, 2.45) is 0 Å². The second-order valence-corrected chi connectivity index (χ2v) is 3.40. The van der Waals surface area contributed by atoms with E-state index in [-0.39, 0.29) is 6.54 Å². The molecule has 1 heterocycles. The third kappa shape index (κ3) is 5.96. The highest BCUT2D eigenvalue weighted by Gasteiger charge is 2.06. The van der Waals surface area contributed by atoms with Gasteiger partial charge in [-0.1, -0.05) is 5.16 Å². The maximum absolute atomic E-state index is 11.2. The van der Waals surface area contributed by atoms with E-state index in [1.807, 2.05) is 5.32 Å². The molecule has 9 heteroatoms. The third-order valence-corrected chi connectivity index (χ3v) is 1.81. The molecule has 9 nitrogen and oxygen atoms in total. The summed E-state index contributed by atoms with van der Waals surface area (Å²) in [5.41, 5.74) is 0. The van der Waals surface area contributed by atoms with E-state index in [1.54, 1.807) is 6.92 Å². The van der Waals surface area contributed by atoms with Gasteiger partial charge in [-0.05, 0) is 6.92 Å². The summed E-state index contributed by atoms with van der Waals surface area (Å²) in [7, 11) is 0. The summed E-state index contributed by atoms with van der Waals surface area (Å²) >= 11 is 0. The number of hydrogen-bond acceptors (Lipinski definition) is 6. The minimum atomic E-state index is -1.28. The van der Waals surface area contributed by atoms with E-state index in [1.165, 1.54) is 0 Å². The Bertz CT molecular complexity index is 508. The third-order valence-electron chi connectivity index (χ3n) is 1.81. The van der Waals surface area contributed by atoms with Crippen molar-refractivity contribution < 1.29 is 24.0 Å². The number of aryl methyl sites for hydroxylation is 1. The number of amides is 3. The highest BCUT2D eigenvalue weighted by molar-refractivity contribution is 6.02. The van der Waals surface area contributed by atoms with E-state index in [4.69, 9.17) is 9.63 Å². The number of hydrogen-bond donors (Lipinski definition) is 3. The van der Waals surface area contributed by atoms with Crippen molar-refractivity contribution in [3.63, 3.8) is 0 Å². The summed E-state index contributed by atoms with van der Waals surface area (Å²) < 4.78 is 4.82. The molecular weight excluding hydrogens is 256 g/mol. The number of urea groups is 1. The highest BCUT2D eigenvalue weighted by Crippen LogP contribution is 1.95. The summed E-state index contributed by atoms with van der Waals surface area (Å²) in [6, 6.07) is -0.740. The van der Waals surface area contributed by atoms with Crippen LogP contribution in [0.4, 0.5) is 4.79 Å². The van der Waals surface area contributed by atoms with Crippen LogP contribution < -0.4 is 10.6 Å². The second-order valence-electron chi connectivity index (χ2n) is 3.40. The largest absolute Gasteiger partial charge is 0.478 e. The van der Waals surface area contributed by atoms with Crippen LogP contribution in [0.25, 0.3) is 0 Å². The first-order chi connectivity index (χ1) is 8.97. The van der Waals surface area contributed by atoms with Gasteiger partial charge >= 0.3 is 12.0 Å². The Morgan fingerprint density at radius 2 is 2.11 bits per heavy atom. The number of carbonyl (C=O) groups excluding carboxylic acids is 2. The normalized spacial score (nSPS) is 10.4. The molecule has 0 aliphatic carbocycles. The van der Waals surface area contributed by atoms with Crippen LogP contribution in [0.1, 0.15) is 11.7 Å². The van der Waals surface area contributed by atoms with Gasteiger partial charge in [0.05, 0.1) is 0 Å². The lowest BCUT2D eigenvalue weighted by Crippen LogP contribution is -2.39. The molecule has 0 unspecified atom stereocenters. The van der Waals surface area contributed by atoms with Crippen LogP contribution in [0.15, 0.2) is 16.7 Å². The van der Waals surface area contributed by atoms with Crippen molar-refractivity contribution in [2.45, 2.75) is 13.3 Å². The lowest BCUT2D eigenvalue weighted by Gasteiger charge is -2.02. The van der Waals surface area contributed by atoms with E-state index in [2.05, 4.69) is 15.5 Å². The predicted molar refractivity (Wildman–Crippen MR) is 61.1 cm³/mol. The van der Waals surface area contributed by atoms with E-state index >= 15 is 0 Å². The van der Waals surface area contributed by atoms with Crippen LogP contribution in [-0.4, -0.2) is 39.7 Å². The topological polar surface area (TPSA) is 134 Å². The molecule has 0 aliphatic rings. The first kappa shape index (κ1) is 14.4. The van der Waals surface area contributed by atoms with Gasteiger partial charge in [0.1, 0.15) is 0 Å². The zero-order valence-electron chi connectivity index (χ0n) is 10.0. The molecule has 0 saturated heterocycles. The number of carbonyl (C=O) groups is 3. The molecule has 0 aromatic carbocycles. The molecule has 102 valence electrons. The number of rotatable bonds is 5. The zero-order chi connectivity index (χ0) is 14.3. The standard InChI is InChI=1S/C10H12N4O5/c1-6-12-8(19-14-6)4-5-11-10(18)13-7(15)2-3-9(16)17/h2-3H,4-5H2,1H3,(H,16,17)(H2,11,13,15,18)/b3-2+. The smallest absolute Gasteiger partial charge is 0.328 e. The van der Waals surface area contributed by atoms with Crippen molar-refractivity contribution >= 4 is 17.9 Å². The van der Waals surface area contributed by atoms with Gasteiger partial charge in [0.25, 0.3) is 5.91 Å². The summed E-state index contributed by atoms with van der Waals surface area (Å²) in [5, 5.41) is 16.1. The van der Waals surface area contributed by atoms with Gasteiger partial charge in [0, 0.05) is 25.1 Å². The van der Waals surface area contributed by atoms with Gasteiger partial charge in [0.2, 0.25) is 5.89 Å². The Kier molecular flexibility index (Phi) is 5.20. The lowest BCUT2D eigenvalue weighted by molar-refractivity contribution is -0.131. The summed E-state index contributed by atoms with van der Waals surface area (Å²) in [6.45, 7) is 1.87. The van der Waals surface area contributed by atoms with Crippen LogP contribution in [-0.2, 0) is 16.0 Å². The Hall–Kier alpha value is -2.71. The van der Waals surface area contributed by atoms with Gasteiger partial charge in [0.15, 0.2) is 5.82 Å². The van der Waals surface area contributed by atoms with E-state index in [9.17, 15) is 14.4 Å². The number of aromatic nitrogens is 2. The molecule has 0 bridgehead atoms. The predicted octanol–water partition coefficient (Wildman–Crippen LogP) is -0.613. The summed E-state index contributed by atoms with van der Waals surface area (Å²) in [4.78, 5) is 36.3. The van der Waals surface area contributed by atoms with Crippen LogP contribution >= 0.6 is 0 Å². The second kappa shape index (κ2) is 6.89. The fourth-order valence-corrected chi connectivity index (χ4v) is 1.07. The number of imide groups is 1. The molecule has 1 rings (SSSR count). The number of carboxylic acids is 1. The van der Waals surface area contributed by atoms with Crippen LogP contribution in [0.2, 0.25) is 0 Å². The molecule has 1 aromatic heterocycles. The van der Waals surface area contributed by atoms with E-state index in [0.717, 1.165) is 6.08 Å². The minimum Gasteiger partial charge on any atom is -0.478 e. The number of nitrogens with one attached hydrogen (secondary N) is 2. The molecule has 3 amide bonds. The average Bonchev–Trinajstić information content (AvgIpc) is 2.72. The van der Waals surface area contributed by atoms with Gasteiger partial charge < -0.3 is 14.9 Å². The number of aliphatic carboxylic acids is 1. The van der Waals surface area contributed by atoms with Crippen molar-refractivity contribution in [2.75, 3.05) is 6.54 Å². The number of nitrogens with zero attached hydrogens (tertiary/aromatic N) is 2. The maximum Gasteiger partial charge on any atom is 0.328 e. The highest BCUT2D eigenvalue weighted by atomic mass is 16.5. The fraction of sp³-hybridized carbons (Fsp3) is 0.300. The Balaban J connectivity index is 2.24. The molecule has 0 spiro atoms. The van der Waals surface area contributed by atoms with Crippen molar-refractivity contribution in [1.29, 1.82) is 0 Å². The van der Waals surface area contributed by atoms with Crippen molar-refractivity contribution in [3.05, 3.63) is 23.9 Å². The Morgan fingerprint density at radius 3 is 2.68 bits per heavy atom. The molecule has 3 N–H and O–H groups in total. The quantitative estimate of drug-likeness (QED) is 0.606. The first-order valence-electron chi connectivity index (χ1n) is 5.26. The summed E-state index contributed by atoms with van der Waals surface area (Å²) in [6.07, 6.45) is 1.69. The SMILES string of the molecule is Cc1noc(CCNC(=O)NC(=O)/C=C/C(=O)O)n1.